The van der Waals surface area contributed by atoms with Crippen molar-refractivity contribution in [3.63, 3.8) is 0 Å². The number of nitrogens with two attached hydrogens (primary N) is 2. The number of carbonyl (C=O) groups is 1. The zero-order valence-corrected chi connectivity index (χ0v) is 7.97. The van der Waals surface area contributed by atoms with E-state index in [1.165, 1.54) is 4.57 Å². The molecule has 0 aromatic carbocycles. The lowest BCUT2D eigenvalue weighted by Crippen LogP contribution is -2.27. The Bertz CT molecular complexity index is 367. The van der Waals surface area contributed by atoms with Gasteiger partial charge >= 0.3 is 0 Å². The fourth-order valence-electron chi connectivity index (χ4n) is 1.13. The molecular formula is C6H11N5OS. The van der Waals surface area contributed by atoms with Gasteiger partial charge in [-0.2, -0.15) is 0 Å². The second kappa shape index (κ2) is 3.56. The molecule has 0 aliphatic rings. The minimum absolute atomic E-state index is 0.177. The number of primary amides is 1. The van der Waals surface area contributed by atoms with E-state index in [4.69, 9.17) is 23.7 Å². The molecule has 1 aromatic heterocycles. The molecule has 72 valence electrons. The summed E-state index contributed by atoms with van der Waals surface area (Å²) in [6.07, 6.45) is 0.535. The number of hydrogen-bond donors (Lipinski definition) is 3. The first-order valence-electron chi connectivity index (χ1n) is 3.79. The van der Waals surface area contributed by atoms with Crippen molar-refractivity contribution in [1.82, 2.24) is 14.8 Å². The number of hydrogen-bond acceptors (Lipinski definition) is 4. The lowest BCUT2D eigenvalue weighted by molar-refractivity contribution is -0.121. The molecule has 1 atom stereocenters. The predicted molar refractivity (Wildman–Crippen MR) is 50.3 cm³/mol. The van der Waals surface area contributed by atoms with Crippen LogP contribution >= 0.6 is 12.2 Å². The summed E-state index contributed by atoms with van der Waals surface area (Å²) in [7, 11) is 0. The van der Waals surface area contributed by atoms with Gasteiger partial charge in [0.2, 0.25) is 11.9 Å². The Hall–Kier alpha value is -1.37. The molecule has 1 rings (SSSR count). The number of H-pyrrole nitrogens is 1. The van der Waals surface area contributed by atoms with Crippen LogP contribution in [0.3, 0.4) is 0 Å². The number of nitrogens with zero attached hydrogens (tertiary/aromatic N) is 2. The summed E-state index contributed by atoms with van der Waals surface area (Å²) in [5.74, 6) is -0.289. The highest BCUT2D eigenvalue weighted by Gasteiger charge is 2.18. The van der Waals surface area contributed by atoms with Gasteiger partial charge in [-0.15, -0.1) is 5.10 Å². The van der Waals surface area contributed by atoms with Crippen LogP contribution in [0.5, 0.6) is 0 Å². The number of nitrogens with one attached hydrogen (secondary N) is 1. The molecule has 0 radical (unpaired) electrons. The van der Waals surface area contributed by atoms with E-state index in [2.05, 4.69) is 10.2 Å². The lowest BCUT2D eigenvalue weighted by atomic mass is 10.2. The molecule has 0 fully saturated rings. The maximum absolute atomic E-state index is 11.0. The highest BCUT2D eigenvalue weighted by molar-refractivity contribution is 7.71. The largest absolute Gasteiger partial charge is 0.368 e. The van der Waals surface area contributed by atoms with Gasteiger partial charge in [0, 0.05) is 0 Å². The number of rotatable bonds is 3. The van der Waals surface area contributed by atoms with E-state index in [1.54, 1.807) is 0 Å². The van der Waals surface area contributed by atoms with E-state index < -0.39 is 11.9 Å². The molecule has 0 saturated carbocycles. The zero-order chi connectivity index (χ0) is 10.0. The Morgan fingerprint density at radius 3 is 2.77 bits per heavy atom. The lowest BCUT2D eigenvalue weighted by Gasteiger charge is -2.12. The third-order valence-corrected chi connectivity index (χ3v) is 2.05. The van der Waals surface area contributed by atoms with E-state index >= 15 is 0 Å². The number of aromatic amines is 1. The standard InChI is InChI=1S/C6H11N5OS/c1-2-3(4(7)12)11-5(8)9-10-6(11)13/h3H,2H2,1H3,(H2,7,12)(H2,8,9)(H,10,13). The number of amides is 1. The van der Waals surface area contributed by atoms with Gasteiger partial charge in [0.15, 0.2) is 4.77 Å². The summed E-state index contributed by atoms with van der Waals surface area (Å²) in [5.41, 5.74) is 10.7. The average Bonchev–Trinajstić information content (AvgIpc) is 2.36. The van der Waals surface area contributed by atoms with Crippen LogP contribution < -0.4 is 11.5 Å². The molecule has 0 spiro atoms. The maximum atomic E-state index is 11.0. The summed E-state index contributed by atoms with van der Waals surface area (Å²) in [5, 5.41) is 6.17. The highest BCUT2D eigenvalue weighted by atomic mass is 32.1. The summed E-state index contributed by atoms with van der Waals surface area (Å²) >= 11 is 4.89. The minimum atomic E-state index is -0.522. The van der Waals surface area contributed by atoms with Crippen molar-refractivity contribution >= 4 is 24.1 Å². The van der Waals surface area contributed by atoms with Gasteiger partial charge in [-0.1, -0.05) is 6.92 Å². The zero-order valence-electron chi connectivity index (χ0n) is 7.15. The van der Waals surface area contributed by atoms with Gasteiger partial charge in [-0.25, -0.2) is 5.10 Å². The molecule has 6 nitrogen and oxygen atoms in total. The molecule has 0 saturated heterocycles. The van der Waals surface area contributed by atoms with Gasteiger partial charge in [0.25, 0.3) is 0 Å². The Kier molecular flexibility index (Phi) is 2.66. The molecule has 1 aromatic rings. The van der Waals surface area contributed by atoms with Crippen molar-refractivity contribution in [1.29, 1.82) is 0 Å². The number of aromatic nitrogens is 3. The first-order chi connectivity index (χ1) is 6.07. The van der Waals surface area contributed by atoms with Gasteiger partial charge < -0.3 is 11.5 Å². The van der Waals surface area contributed by atoms with E-state index in [-0.39, 0.29) is 5.95 Å². The van der Waals surface area contributed by atoms with Crippen LogP contribution in [0.15, 0.2) is 0 Å². The Morgan fingerprint density at radius 2 is 2.46 bits per heavy atom. The van der Waals surface area contributed by atoms with E-state index in [1.807, 2.05) is 6.92 Å². The first kappa shape index (κ1) is 9.72. The van der Waals surface area contributed by atoms with Crippen LogP contribution in [-0.2, 0) is 4.79 Å². The van der Waals surface area contributed by atoms with Crippen molar-refractivity contribution in [3.8, 4) is 0 Å². The third-order valence-electron chi connectivity index (χ3n) is 1.76. The van der Waals surface area contributed by atoms with E-state index in [9.17, 15) is 4.79 Å². The average molecular weight is 201 g/mol. The molecular weight excluding hydrogens is 190 g/mol. The van der Waals surface area contributed by atoms with Gasteiger partial charge in [-0.05, 0) is 18.6 Å². The normalized spacial score (nSPS) is 12.7. The number of anilines is 1. The van der Waals surface area contributed by atoms with Gasteiger partial charge in [0.1, 0.15) is 6.04 Å². The number of nitrogen functional groups attached to an aromatic ring is 1. The van der Waals surface area contributed by atoms with Crippen LogP contribution in [0.25, 0.3) is 0 Å². The maximum Gasteiger partial charge on any atom is 0.240 e. The van der Waals surface area contributed by atoms with E-state index in [0.717, 1.165) is 0 Å². The summed E-state index contributed by atoms with van der Waals surface area (Å²) in [6, 6.07) is -0.522. The summed E-state index contributed by atoms with van der Waals surface area (Å²) in [6.45, 7) is 1.82. The smallest absolute Gasteiger partial charge is 0.240 e. The van der Waals surface area contributed by atoms with Crippen LogP contribution in [0.1, 0.15) is 19.4 Å². The molecule has 0 aliphatic heterocycles. The van der Waals surface area contributed by atoms with Crippen LogP contribution in [0, 0.1) is 4.77 Å². The Morgan fingerprint density at radius 1 is 1.85 bits per heavy atom. The SMILES string of the molecule is CCC(C(N)=O)n1c(N)n[nH]c1=S. The van der Waals surface area contributed by atoms with Gasteiger partial charge in [-0.3, -0.25) is 9.36 Å². The molecule has 1 heterocycles. The quantitative estimate of drug-likeness (QED) is 0.597. The van der Waals surface area contributed by atoms with Crippen molar-refractivity contribution in [2.75, 3.05) is 5.73 Å². The topological polar surface area (TPSA) is 103 Å². The minimum Gasteiger partial charge on any atom is -0.368 e. The van der Waals surface area contributed by atoms with Crippen LogP contribution in [0.4, 0.5) is 5.95 Å². The Balaban J connectivity index is 3.18. The molecule has 1 unspecified atom stereocenters. The molecule has 5 N–H and O–H groups in total. The van der Waals surface area contributed by atoms with Crippen molar-refractivity contribution in [2.45, 2.75) is 19.4 Å². The number of carbonyl (C=O) groups excluding carboxylic acids is 1. The molecule has 13 heavy (non-hydrogen) atoms. The van der Waals surface area contributed by atoms with Crippen LogP contribution in [0.2, 0.25) is 0 Å². The van der Waals surface area contributed by atoms with Crippen LogP contribution in [-0.4, -0.2) is 20.7 Å². The first-order valence-corrected chi connectivity index (χ1v) is 4.20. The fraction of sp³-hybridized carbons (Fsp3) is 0.500. The second-order valence-electron chi connectivity index (χ2n) is 2.58. The Labute approximate surface area is 79.9 Å². The fourth-order valence-corrected chi connectivity index (χ4v) is 1.40. The highest BCUT2D eigenvalue weighted by Crippen LogP contribution is 2.14. The third kappa shape index (κ3) is 1.69. The van der Waals surface area contributed by atoms with Crippen molar-refractivity contribution in [2.24, 2.45) is 5.73 Å². The molecule has 1 amide bonds. The molecule has 0 aliphatic carbocycles. The molecule has 0 bridgehead atoms. The summed E-state index contributed by atoms with van der Waals surface area (Å²) in [4.78, 5) is 11.0. The van der Waals surface area contributed by atoms with Crippen molar-refractivity contribution in [3.05, 3.63) is 4.77 Å². The second-order valence-corrected chi connectivity index (χ2v) is 2.97. The summed E-state index contributed by atoms with van der Waals surface area (Å²) < 4.78 is 1.72. The monoisotopic (exact) mass is 201 g/mol. The van der Waals surface area contributed by atoms with Crippen molar-refractivity contribution < 1.29 is 4.79 Å². The van der Waals surface area contributed by atoms with E-state index in [0.29, 0.717) is 11.2 Å². The predicted octanol–water partition coefficient (Wildman–Crippen LogP) is -0.0407. The molecule has 7 heteroatoms. The van der Waals surface area contributed by atoms with Gasteiger partial charge in [0.05, 0.1) is 0 Å².